The third-order valence-electron chi connectivity index (χ3n) is 2.44. The zero-order valence-electron chi connectivity index (χ0n) is 10.4. The van der Waals surface area contributed by atoms with E-state index in [-0.39, 0.29) is 6.54 Å². The molecule has 0 aliphatic rings. The van der Waals surface area contributed by atoms with E-state index >= 15 is 0 Å². The van der Waals surface area contributed by atoms with Crippen LogP contribution >= 0.6 is 0 Å². The summed E-state index contributed by atoms with van der Waals surface area (Å²) in [5.74, 6) is 0.761. The van der Waals surface area contributed by atoms with E-state index in [2.05, 4.69) is 12.2 Å². The smallest absolute Gasteiger partial charge is 0.251 e. The molecule has 0 saturated carbocycles. The molecular formula is C12H20F2N2O. The molecule has 0 unspecified atom stereocenters. The number of nitrogens with zero attached hydrogens (tertiary/aromatic N) is 1. The molecule has 0 spiro atoms. The molecule has 3 nitrogen and oxygen atoms in total. The topological polar surface area (TPSA) is 28.4 Å². The van der Waals surface area contributed by atoms with Crippen molar-refractivity contribution in [3.63, 3.8) is 0 Å². The Morgan fingerprint density at radius 2 is 2.24 bits per heavy atom. The second-order valence-corrected chi connectivity index (χ2v) is 4.13. The number of halogens is 2. The van der Waals surface area contributed by atoms with Gasteiger partial charge >= 0.3 is 0 Å². The van der Waals surface area contributed by atoms with Crippen molar-refractivity contribution >= 4 is 0 Å². The van der Waals surface area contributed by atoms with Gasteiger partial charge in [0.1, 0.15) is 5.76 Å². The van der Waals surface area contributed by atoms with Gasteiger partial charge in [0.25, 0.3) is 6.43 Å². The Kier molecular flexibility index (Phi) is 6.15. The van der Waals surface area contributed by atoms with Gasteiger partial charge in [0.15, 0.2) is 0 Å². The van der Waals surface area contributed by atoms with Crippen molar-refractivity contribution in [1.82, 2.24) is 10.2 Å². The Balaban J connectivity index is 2.44. The average molecular weight is 246 g/mol. The van der Waals surface area contributed by atoms with Crippen LogP contribution in [0.1, 0.15) is 24.7 Å². The number of hydrogen-bond donors (Lipinski definition) is 1. The highest BCUT2D eigenvalue weighted by Gasteiger charge is 2.12. The minimum Gasteiger partial charge on any atom is -0.468 e. The van der Waals surface area contributed by atoms with E-state index in [1.54, 1.807) is 18.2 Å². The van der Waals surface area contributed by atoms with E-state index < -0.39 is 6.43 Å². The molecule has 5 heteroatoms. The summed E-state index contributed by atoms with van der Waals surface area (Å²) in [6.45, 7) is 3.95. The molecule has 98 valence electrons. The lowest BCUT2D eigenvalue weighted by Gasteiger charge is -2.15. The van der Waals surface area contributed by atoms with Gasteiger partial charge in [-0.05, 0) is 26.1 Å². The van der Waals surface area contributed by atoms with Crippen molar-refractivity contribution in [3.8, 4) is 0 Å². The number of nitrogens with one attached hydrogen (secondary N) is 1. The van der Waals surface area contributed by atoms with Crippen molar-refractivity contribution in [1.29, 1.82) is 0 Å². The normalized spacial score (nSPS) is 11.6. The van der Waals surface area contributed by atoms with Crippen LogP contribution in [-0.4, -0.2) is 31.5 Å². The van der Waals surface area contributed by atoms with Gasteiger partial charge in [-0.15, -0.1) is 0 Å². The van der Waals surface area contributed by atoms with Crippen LogP contribution in [0.25, 0.3) is 0 Å². The fraction of sp³-hybridized carbons (Fsp3) is 0.667. The Morgan fingerprint density at radius 3 is 2.88 bits per heavy atom. The summed E-state index contributed by atoms with van der Waals surface area (Å²) in [6.07, 6.45) is 0.365. The molecule has 1 heterocycles. The molecule has 0 aliphatic carbocycles. The first-order chi connectivity index (χ1) is 8.13. The van der Waals surface area contributed by atoms with Crippen molar-refractivity contribution < 1.29 is 13.2 Å². The maximum Gasteiger partial charge on any atom is 0.251 e. The monoisotopic (exact) mass is 246 g/mol. The van der Waals surface area contributed by atoms with Gasteiger partial charge in [0.05, 0.1) is 19.4 Å². The summed E-state index contributed by atoms with van der Waals surface area (Å²) in [4.78, 5) is 1.56. The summed E-state index contributed by atoms with van der Waals surface area (Å²) in [6, 6.07) is 1.88. The van der Waals surface area contributed by atoms with Gasteiger partial charge in [-0.2, -0.15) is 0 Å². The Hall–Kier alpha value is -0.940. The Morgan fingerprint density at radius 1 is 1.47 bits per heavy atom. The summed E-state index contributed by atoms with van der Waals surface area (Å²) in [7, 11) is 1.66. The van der Waals surface area contributed by atoms with Crippen LogP contribution in [0.5, 0.6) is 0 Å². The SMILES string of the molecule is CCCNCc1ccoc1CN(C)CC(F)F. The third kappa shape index (κ3) is 5.28. The fourth-order valence-electron chi connectivity index (χ4n) is 1.61. The lowest BCUT2D eigenvalue weighted by molar-refractivity contribution is 0.0944. The zero-order chi connectivity index (χ0) is 12.7. The van der Waals surface area contributed by atoms with E-state index in [1.807, 2.05) is 6.07 Å². The lowest BCUT2D eigenvalue weighted by Crippen LogP contribution is -2.24. The maximum absolute atomic E-state index is 12.2. The molecular weight excluding hydrogens is 226 g/mol. The average Bonchev–Trinajstić information content (AvgIpc) is 2.65. The van der Waals surface area contributed by atoms with Gasteiger partial charge in [-0.25, -0.2) is 8.78 Å². The van der Waals surface area contributed by atoms with Crippen molar-refractivity contribution in [2.24, 2.45) is 0 Å². The number of alkyl halides is 2. The van der Waals surface area contributed by atoms with Crippen molar-refractivity contribution in [2.75, 3.05) is 20.1 Å². The molecule has 0 amide bonds. The summed E-state index contributed by atoms with van der Waals surface area (Å²) in [5.41, 5.74) is 1.04. The van der Waals surface area contributed by atoms with Crippen LogP contribution in [-0.2, 0) is 13.1 Å². The number of rotatable bonds is 8. The van der Waals surface area contributed by atoms with E-state index in [4.69, 9.17) is 4.42 Å². The van der Waals surface area contributed by atoms with E-state index in [0.717, 1.165) is 30.8 Å². The van der Waals surface area contributed by atoms with Crippen LogP contribution in [0.15, 0.2) is 16.7 Å². The van der Waals surface area contributed by atoms with Crippen LogP contribution in [0.2, 0.25) is 0 Å². The molecule has 17 heavy (non-hydrogen) atoms. The lowest BCUT2D eigenvalue weighted by atomic mass is 10.2. The molecule has 1 rings (SSSR count). The second kappa shape index (κ2) is 7.40. The first kappa shape index (κ1) is 14.1. The van der Waals surface area contributed by atoms with Gasteiger partial charge in [0.2, 0.25) is 0 Å². The van der Waals surface area contributed by atoms with Gasteiger partial charge in [0, 0.05) is 12.1 Å². The molecule has 1 N–H and O–H groups in total. The quantitative estimate of drug-likeness (QED) is 0.714. The minimum absolute atomic E-state index is 0.234. The summed E-state index contributed by atoms with van der Waals surface area (Å²) >= 11 is 0. The van der Waals surface area contributed by atoms with E-state index in [0.29, 0.717) is 6.54 Å². The van der Waals surface area contributed by atoms with Crippen molar-refractivity contribution in [2.45, 2.75) is 32.9 Å². The van der Waals surface area contributed by atoms with Crippen LogP contribution in [0, 0.1) is 0 Å². The summed E-state index contributed by atoms with van der Waals surface area (Å²) in [5, 5.41) is 3.27. The van der Waals surface area contributed by atoms with Crippen LogP contribution < -0.4 is 5.32 Å². The van der Waals surface area contributed by atoms with Crippen LogP contribution in [0.4, 0.5) is 8.78 Å². The standard InChI is InChI=1S/C12H20F2N2O/c1-3-5-15-7-10-4-6-17-11(10)8-16(2)9-12(13)14/h4,6,12,15H,3,5,7-9H2,1-2H3. The molecule has 1 aromatic heterocycles. The highest BCUT2D eigenvalue weighted by atomic mass is 19.3. The number of hydrogen-bond acceptors (Lipinski definition) is 3. The van der Waals surface area contributed by atoms with Gasteiger partial charge in [-0.1, -0.05) is 6.92 Å². The first-order valence-electron chi connectivity index (χ1n) is 5.86. The number of furan rings is 1. The molecule has 0 saturated heterocycles. The first-order valence-corrected chi connectivity index (χ1v) is 5.86. The van der Waals surface area contributed by atoms with Gasteiger partial charge in [-0.3, -0.25) is 4.90 Å². The summed E-state index contributed by atoms with van der Waals surface area (Å²) < 4.78 is 29.7. The predicted octanol–water partition coefficient (Wildman–Crippen LogP) is 2.48. The van der Waals surface area contributed by atoms with E-state index in [1.165, 1.54) is 0 Å². The molecule has 0 bridgehead atoms. The molecule has 0 atom stereocenters. The molecule has 0 aromatic carbocycles. The predicted molar refractivity (Wildman–Crippen MR) is 63.0 cm³/mol. The largest absolute Gasteiger partial charge is 0.468 e. The van der Waals surface area contributed by atoms with Gasteiger partial charge < -0.3 is 9.73 Å². The molecule has 0 radical (unpaired) electrons. The third-order valence-corrected chi connectivity index (χ3v) is 2.44. The second-order valence-electron chi connectivity index (χ2n) is 4.13. The van der Waals surface area contributed by atoms with E-state index in [9.17, 15) is 8.78 Å². The maximum atomic E-state index is 12.2. The molecule has 0 fully saturated rings. The fourth-order valence-corrected chi connectivity index (χ4v) is 1.61. The zero-order valence-corrected chi connectivity index (χ0v) is 10.4. The minimum atomic E-state index is -2.31. The highest BCUT2D eigenvalue weighted by Crippen LogP contribution is 2.13. The Bertz CT molecular complexity index is 315. The molecule has 1 aromatic rings. The van der Waals surface area contributed by atoms with Crippen LogP contribution in [0.3, 0.4) is 0 Å². The highest BCUT2D eigenvalue weighted by molar-refractivity contribution is 5.16. The molecule has 0 aliphatic heterocycles. The van der Waals surface area contributed by atoms with Crippen molar-refractivity contribution in [3.05, 3.63) is 23.7 Å². The Labute approximate surface area is 101 Å².